The van der Waals surface area contributed by atoms with Crippen molar-refractivity contribution in [2.24, 2.45) is 0 Å². The van der Waals surface area contributed by atoms with Crippen LogP contribution in [-0.4, -0.2) is 18.2 Å². The summed E-state index contributed by atoms with van der Waals surface area (Å²) in [7, 11) is 0. The first-order chi connectivity index (χ1) is 7.21. The highest BCUT2D eigenvalue weighted by molar-refractivity contribution is 6.26. The highest BCUT2D eigenvalue weighted by Crippen LogP contribution is 2.42. The number of rotatable bonds is 1. The molecule has 78 valence electrons. The number of alkyl halides is 1. The number of hydrogen-bond acceptors (Lipinski definition) is 1. The SMILES string of the molecule is Cc1[nH]c2ccccc2c1C1(Cl)COC1. The number of benzene rings is 1. The Morgan fingerprint density at radius 3 is 2.73 bits per heavy atom. The van der Waals surface area contributed by atoms with Crippen LogP contribution in [0.25, 0.3) is 10.9 Å². The van der Waals surface area contributed by atoms with Crippen LogP contribution in [0, 0.1) is 6.92 Å². The Morgan fingerprint density at radius 1 is 1.33 bits per heavy atom. The van der Waals surface area contributed by atoms with E-state index in [0.29, 0.717) is 13.2 Å². The summed E-state index contributed by atoms with van der Waals surface area (Å²) >= 11 is 6.51. The second-order valence-corrected chi connectivity index (χ2v) is 4.85. The highest BCUT2D eigenvalue weighted by Gasteiger charge is 2.41. The number of halogens is 1. The summed E-state index contributed by atoms with van der Waals surface area (Å²) in [6.45, 7) is 3.28. The number of aromatic amines is 1. The van der Waals surface area contributed by atoms with Gasteiger partial charge in [0.05, 0.1) is 13.2 Å². The van der Waals surface area contributed by atoms with Crippen molar-refractivity contribution in [1.29, 1.82) is 0 Å². The summed E-state index contributed by atoms with van der Waals surface area (Å²) in [5.74, 6) is 0. The standard InChI is InChI=1S/C12H12ClNO/c1-8-11(12(13)6-15-7-12)9-4-2-3-5-10(9)14-8/h2-5,14H,6-7H2,1H3. The van der Waals surface area contributed by atoms with Gasteiger partial charge in [-0.15, -0.1) is 11.6 Å². The van der Waals surface area contributed by atoms with Crippen molar-refractivity contribution < 1.29 is 4.74 Å². The average molecular weight is 222 g/mol. The van der Waals surface area contributed by atoms with Crippen LogP contribution in [0.4, 0.5) is 0 Å². The minimum atomic E-state index is -0.316. The first kappa shape index (κ1) is 9.25. The number of hydrogen-bond donors (Lipinski definition) is 1. The molecule has 0 spiro atoms. The van der Waals surface area contributed by atoms with Gasteiger partial charge >= 0.3 is 0 Å². The Hall–Kier alpha value is -0.990. The van der Waals surface area contributed by atoms with Crippen molar-refractivity contribution in [1.82, 2.24) is 4.98 Å². The molecule has 3 rings (SSSR count). The van der Waals surface area contributed by atoms with E-state index >= 15 is 0 Å². The first-order valence-electron chi connectivity index (χ1n) is 5.05. The molecule has 1 N–H and O–H groups in total. The van der Waals surface area contributed by atoms with Gasteiger partial charge in [-0.25, -0.2) is 0 Å². The Morgan fingerprint density at radius 2 is 2.07 bits per heavy atom. The molecule has 1 aliphatic rings. The molecule has 2 nitrogen and oxygen atoms in total. The van der Waals surface area contributed by atoms with Crippen molar-refractivity contribution in [3.8, 4) is 0 Å². The summed E-state index contributed by atoms with van der Waals surface area (Å²) in [5, 5.41) is 1.22. The van der Waals surface area contributed by atoms with Crippen LogP contribution in [0.1, 0.15) is 11.3 Å². The zero-order valence-corrected chi connectivity index (χ0v) is 9.27. The topological polar surface area (TPSA) is 25.0 Å². The second kappa shape index (κ2) is 3.00. The molecule has 1 fully saturated rings. The van der Waals surface area contributed by atoms with Gasteiger partial charge < -0.3 is 9.72 Å². The number of para-hydroxylation sites is 1. The van der Waals surface area contributed by atoms with E-state index in [-0.39, 0.29) is 4.87 Å². The molecule has 2 heterocycles. The number of aryl methyl sites for hydroxylation is 1. The van der Waals surface area contributed by atoms with Crippen LogP contribution in [0.5, 0.6) is 0 Å². The summed E-state index contributed by atoms with van der Waals surface area (Å²) < 4.78 is 5.22. The Kier molecular flexibility index (Phi) is 1.85. The van der Waals surface area contributed by atoms with Crippen LogP contribution >= 0.6 is 11.6 Å². The Balaban J connectivity index is 2.29. The first-order valence-corrected chi connectivity index (χ1v) is 5.43. The molecule has 1 aromatic carbocycles. The van der Waals surface area contributed by atoms with E-state index in [0.717, 1.165) is 11.2 Å². The van der Waals surface area contributed by atoms with E-state index in [1.165, 1.54) is 10.9 Å². The molecular weight excluding hydrogens is 210 g/mol. The molecular formula is C12H12ClNO. The fourth-order valence-electron chi connectivity index (χ4n) is 2.28. The van der Waals surface area contributed by atoms with E-state index in [1.807, 2.05) is 12.1 Å². The molecule has 1 aromatic heterocycles. The van der Waals surface area contributed by atoms with Gasteiger partial charge in [0.1, 0.15) is 4.87 Å². The number of H-pyrrole nitrogens is 1. The molecule has 0 radical (unpaired) electrons. The van der Waals surface area contributed by atoms with E-state index < -0.39 is 0 Å². The van der Waals surface area contributed by atoms with Crippen LogP contribution in [-0.2, 0) is 9.61 Å². The second-order valence-electron chi connectivity index (χ2n) is 4.13. The molecule has 15 heavy (non-hydrogen) atoms. The van der Waals surface area contributed by atoms with Gasteiger partial charge in [0.15, 0.2) is 0 Å². The van der Waals surface area contributed by atoms with Gasteiger partial charge in [-0.1, -0.05) is 18.2 Å². The van der Waals surface area contributed by atoms with Crippen LogP contribution in [0.15, 0.2) is 24.3 Å². The molecule has 0 aliphatic carbocycles. The maximum atomic E-state index is 6.51. The molecule has 1 aliphatic heterocycles. The van der Waals surface area contributed by atoms with Gasteiger partial charge in [0.2, 0.25) is 0 Å². The van der Waals surface area contributed by atoms with E-state index in [9.17, 15) is 0 Å². The van der Waals surface area contributed by atoms with Crippen LogP contribution in [0.3, 0.4) is 0 Å². The smallest absolute Gasteiger partial charge is 0.118 e. The molecule has 0 amide bonds. The van der Waals surface area contributed by atoms with Crippen LogP contribution in [0.2, 0.25) is 0 Å². The normalized spacial score (nSPS) is 19.1. The predicted octanol–water partition coefficient (Wildman–Crippen LogP) is 2.94. The van der Waals surface area contributed by atoms with Crippen molar-refractivity contribution in [3.05, 3.63) is 35.5 Å². The van der Waals surface area contributed by atoms with Crippen molar-refractivity contribution in [2.45, 2.75) is 11.8 Å². The quantitative estimate of drug-likeness (QED) is 0.736. The fourth-order valence-corrected chi connectivity index (χ4v) is 2.68. The molecule has 0 atom stereocenters. The van der Waals surface area contributed by atoms with Crippen molar-refractivity contribution in [2.75, 3.05) is 13.2 Å². The molecule has 0 bridgehead atoms. The molecule has 0 unspecified atom stereocenters. The zero-order chi connectivity index (χ0) is 10.5. The third kappa shape index (κ3) is 1.22. The lowest BCUT2D eigenvalue weighted by Crippen LogP contribution is -2.41. The summed E-state index contributed by atoms with van der Waals surface area (Å²) in [6, 6.07) is 8.25. The Bertz CT molecular complexity index is 513. The third-order valence-corrected chi connectivity index (χ3v) is 3.41. The minimum absolute atomic E-state index is 0.316. The molecule has 2 aromatic rings. The summed E-state index contributed by atoms with van der Waals surface area (Å²) in [4.78, 5) is 3.05. The van der Waals surface area contributed by atoms with E-state index in [4.69, 9.17) is 16.3 Å². The van der Waals surface area contributed by atoms with Gasteiger partial charge in [0, 0.05) is 22.2 Å². The zero-order valence-electron chi connectivity index (χ0n) is 8.51. The largest absolute Gasteiger partial charge is 0.377 e. The molecule has 0 saturated carbocycles. The maximum absolute atomic E-state index is 6.51. The number of aromatic nitrogens is 1. The highest BCUT2D eigenvalue weighted by atomic mass is 35.5. The number of ether oxygens (including phenoxy) is 1. The maximum Gasteiger partial charge on any atom is 0.118 e. The van der Waals surface area contributed by atoms with E-state index in [2.05, 4.69) is 24.0 Å². The Labute approximate surface area is 93.2 Å². The average Bonchev–Trinajstić information content (AvgIpc) is 2.51. The fraction of sp³-hybridized carbons (Fsp3) is 0.333. The van der Waals surface area contributed by atoms with E-state index in [1.54, 1.807) is 0 Å². The lowest BCUT2D eigenvalue weighted by atomic mass is 9.94. The summed E-state index contributed by atoms with van der Waals surface area (Å²) in [5.41, 5.74) is 3.50. The lowest BCUT2D eigenvalue weighted by Gasteiger charge is -2.36. The monoisotopic (exact) mass is 221 g/mol. The minimum Gasteiger partial charge on any atom is -0.377 e. The number of fused-ring (bicyclic) bond motifs is 1. The van der Waals surface area contributed by atoms with Crippen molar-refractivity contribution in [3.63, 3.8) is 0 Å². The van der Waals surface area contributed by atoms with Gasteiger partial charge in [-0.2, -0.15) is 0 Å². The third-order valence-electron chi connectivity index (χ3n) is 3.00. The number of nitrogens with one attached hydrogen (secondary N) is 1. The lowest BCUT2D eigenvalue weighted by molar-refractivity contribution is -0.0148. The summed E-state index contributed by atoms with van der Waals surface area (Å²) in [6.07, 6.45) is 0. The van der Waals surface area contributed by atoms with Gasteiger partial charge in [0.25, 0.3) is 0 Å². The van der Waals surface area contributed by atoms with Crippen LogP contribution < -0.4 is 0 Å². The molecule has 1 saturated heterocycles. The molecule has 3 heteroatoms. The van der Waals surface area contributed by atoms with Crippen molar-refractivity contribution >= 4 is 22.5 Å². The van der Waals surface area contributed by atoms with Gasteiger partial charge in [-0.3, -0.25) is 0 Å². The predicted molar refractivity (Wildman–Crippen MR) is 61.4 cm³/mol. The van der Waals surface area contributed by atoms with Gasteiger partial charge in [-0.05, 0) is 13.0 Å².